The number of hydrogen-bond donors (Lipinski definition) is 1. The summed E-state index contributed by atoms with van der Waals surface area (Å²) in [7, 11) is 0. The van der Waals surface area contributed by atoms with Gasteiger partial charge in [0.05, 0.1) is 11.1 Å². The molecule has 0 aromatic carbocycles. The maximum Gasteiger partial charge on any atom is 0.235 e. The Labute approximate surface area is 182 Å². The molecule has 3 atom stereocenters. The van der Waals surface area contributed by atoms with Crippen molar-refractivity contribution in [3.8, 4) is 0 Å². The number of fused-ring (bicyclic) bond motifs is 1. The molecule has 31 heavy (non-hydrogen) atoms. The van der Waals surface area contributed by atoms with Gasteiger partial charge in [0.25, 0.3) is 0 Å². The van der Waals surface area contributed by atoms with Gasteiger partial charge < -0.3 is 14.7 Å². The first kappa shape index (κ1) is 21.5. The predicted molar refractivity (Wildman–Crippen MR) is 113 cm³/mol. The van der Waals surface area contributed by atoms with E-state index in [9.17, 15) is 9.59 Å². The lowest BCUT2D eigenvalue weighted by Crippen LogP contribution is -2.40. The van der Waals surface area contributed by atoms with Crippen LogP contribution in [0.5, 0.6) is 0 Å². The van der Waals surface area contributed by atoms with Crippen molar-refractivity contribution < 1.29 is 14.1 Å². The predicted octanol–water partition coefficient (Wildman–Crippen LogP) is 1.91. The molecule has 2 fully saturated rings. The van der Waals surface area contributed by atoms with E-state index in [0.29, 0.717) is 44.2 Å². The topological polar surface area (TPSA) is 106 Å². The van der Waals surface area contributed by atoms with Gasteiger partial charge >= 0.3 is 0 Å². The SMILES string of the molecule is Cc1cc(C)n(CCC(=O)N[C@@H]2C[C@H]3CN(C(=O)C(C)C)C[C@@]3(c3nc(C)no3)C2)n1. The monoisotopic (exact) mass is 428 g/mol. The summed E-state index contributed by atoms with van der Waals surface area (Å²) in [6.07, 6.45) is 1.88. The highest BCUT2D eigenvalue weighted by Gasteiger charge is 2.58. The number of likely N-dealkylation sites (tertiary alicyclic amines) is 1. The Kier molecular flexibility index (Phi) is 5.61. The van der Waals surface area contributed by atoms with E-state index >= 15 is 0 Å². The fourth-order valence-corrected chi connectivity index (χ4v) is 5.25. The second-order valence-corrected chi connectivity index (χ2v) is 9.48. The van der Waals surface area contributed by atoms with E-state index in [0.717, 1.165) is 17.8 Å². The van der Waals surface area contributed by atoms with E-state index in [1.165, 1.54) is 0 Å². The van der Waals surface area contributed by atoms with Crippen LogP contribution in [0.1, 0.15) is 56.2 Å². The third-order valence-electron chi connectivity index (χ3n) is 6.65. The zero-order chi connectivity index (χ0) is 22.3. The molecule has 168 valence electrons. The molecule has 9 heteroatoms. The lowest BCUT2D eigenvalue weighted by Gasteiger charge is -2.26. The maximum atomic E-state index is 12.6. The van der Waals surface area contributed by atoms with Crippen molar-refractivity contribution in [3.63, 3.8) is 0 Å². The molecule has 3 heterocycles. The molecule has 2 amide bonds. The smallest absolute Gasteiger partial charge is 0.235 e. The number of hydrogen-bond acceptors (Lipinski definition) is 6. The molecule has 1 saturated heterocycles. The Morgan fingerprint density at radius 1 is 1.32 bits per heavy atom. The van der Waals surface area contributed by atoms with Crippen LogP contribution in [0.15, 0.2) is 10.6 Å². The molecule has 1 aliphatic carbocycles. The zero-order valence-electron chi connectivity index (χ0n) is 19.0. The molecule has 0 bridgehead atoms. The lowest BCUT2D eigenvalue weighted by atomic mass is 9.80. The van der Waals surface area contributed by atoms with Crippen LogP contribution in [0.4, 0.5) is 0 Å². The number of nitrogens with zero attached hydrogens (tertiary/aromatic N) is 5. The number of rotatable bonds is 6. The van der Waals surface area contributed by atoms with Crippen LogP contribution in [0.2, 0.25) is 0 Å². The number of aryl methyl sites for hydroxylation is 4. The van der Waals surface area contributed by atoms with Crippen molar-refractivity contribution in [1.82, 2.24) is 30.1 Å². The Balaban J connectivity index is 1.44. The van der Waals surface area contributed by atoms with E-state index in [-0.39, 0.29) is 35.1 Å². The molecule has 0 unspecified atom stereocenters. The van der Waals surface area contributed by atoms with Crippen LogP contribution in [-0.4, -0.2) is 55.8 Å². The highest BCUT2D eigenvalue weighted by molar-refractivity contribution is 5.79. The van der Waals surface area contributed by atoms with Crippen molar-refractivity contribution in [2.24, 2.45) is 11.8 Å². The zero-order valence-corrected chi connectivity index (χ0v) is 19.0. The largest absolute Gasteiger partial charge is 0.353 e. The van der Waals surface area contributed by atoms with Crippen molar-refractivity contribution >= 4 is 11.8 Å². The number of aromatic nitrogens is 4. The summed E-state index contributed by atoms with van der Waals surface area (Å²) in [5, 5.41) is 11.6. The van der Waals surface area contributed by atoms with Gasteiger partial charge in [0.2, 0.25) is 17.7 Å². The number of carbonyl (C=O) groups excluding carboxylic acids is 2. The van der Waals surface area contributed by atoms with Crippen LogP contribution < -0.4 is 5.32 Å². The first-order valence-corrected chi connectivity index (χ1v) is 11.1. The minimum Gasteiger partial charge on any atom is -0.353 e. The van der Waals surface area contributed by atoms with Crippen LogP contribution in [-0.2, 0) is 21.5 Å². The van der Waals surface area contributed by atoms with Crippen LogP contribution in [0.25, 0.3) is 0 Å². The van der Waals surface area contributed by atoms with Gasteiger partial charge in [-0.1, -0.05) is 19.0 Å². The normalized spacial score (nSPS) is 25.3. The van der Waals surface area contributed by atoms with Gasteiger partial charge in [-0.3, -0.25) is 14.3 Å². The molecular formula is C22H32N6O3. The Morgan fingerprint density at radius 2 is 2.10 bits per heavy atom. The summed E-state index contributed by atoms with van der Waals surface area (Å²) in [6.45, 7) is 11.4. The summed E-state index contributed by atoms with van der Waals surface area (Å²) in [4.78, 5) is 31.7. The third kappa shape index (κ3) is 4.09. The summed E-state index contributed by atoms with van der Waals surface area (Å²) in [6, 6.07) is 2.04. The molecule has 4 rings (SSSR count). The molecule has 2 aliphatic rings. The van der Waals surface area contributed by atoms with Crippen molar-refractivity contribution in [3.05, 3.63) is 29.2 Å². The van der Waals surface area contributed by atoms with Gasteiger partial charge in [-0.15, -0.1) is 0 Å². The first-order chi connectivity index (χ1) is 14.7. The van der Waals surface area contributed by atoms with Gasteiger partial charge in [0.15, 0.2) is 5.82 Å². The van der Waals surface area contributed by atoms with Gasteiger partial charge in [-0.25, -0.2) is 0 Å². The number of nitrogens with one attached hydrogen (secondary N) is 1. The van der Waals surface area contributed by atoms with Crippen molar-refractivity contribution in [1.29, 1.82) is 0 Å². The molecule has 1 N–H and O–H groups in total. The van der Waals surface area contributed by atoms with Crippen molar-refractivity contribution in [2.75, 3.05) is 13.1 Å². The second kappa shape index (κ2) is 8.09. The molecule has 2 aromatic rings. The molecule has 9 nitrogen and oxygen atoms in total. The summed E-state index contributed by atoms with van der Waals surface area (Å²) in [5.74, 6) is 1.49. The summed E-state index contributed by atoms with van der Waals surface area (Å²) < 4.78 is 7.46. The fraction of sp³-hybridized carbons (Fsp3) is 0.682. The number of carbonyl (C=O) groups is 2. The third-order valence-corrected chi connectivity index (χ3v) is 6.65. The van der Waals surface area contributed by atoms with Crippen LogP contribution in [0, 0.1) is 32.6 Å². The molecule has 1 saturated carbocycles. The highest BCUT2D eigenvalue weighted by Crippen LogP contribution is 2.50. The minimum atomic E-state index is -0.389. The fourth-order valence-electron chi connectivity index (χ4n) is 5.25. The van der Waals surface area contributed by atoms with Crippen molar-refractivity contribution in [2.45, 2.75) is 71.9 Å². The average molecular weight is 429 g/mol. The molecular weight excluding hydrogens is 396 g/mol. The molecule has 1 aliphatic heterocycles. The van der Waals surface area contributed by atoms with Gasteiger partial charge in [0, 0.05) is 43.7 Å². The van der Waals surface area contributed by atoms with E-state index in [1.54, 1.807) is 6.92 Å². The van der Waals surface area contributed by atoms with Crippen LogP contribution in [0.3, 0.4) is 0 Å². The first-order valence-electron chi connectivity index (χ1n) is 11.1. The quantitative estimate of drug-likeness (QED) is 0.753. The minimum absolute atomic E-state index is 0.0181. The summed E-state index contributed by atoms with van der Waals surface area (Å²) in [5.41, 5.74) is 1.62. The summed E-state index contributed by atoms with van der Waals surface area (Å²) >= 11 is 0. The van der Waals surface area contributed by atoms with E-state index in [1.807, 2.05) is 43.3 Å². The van der Waals surface area contributed by atoms with E-state index in [4.69, 9.17) is 4.52 Å². The maximum absolute atomic E-state index is 12.6. The molecule has 0 spiro atoms. The molecule has 0 radical (unpaired) electrons. The Morgan fingerprint density at radius 3 is 2.71 bits per heavy atom. The second-order valence-electron chi connectivity index (χ2n) is 9.48. The van der Waals surface area contributed by atoms with Gasteiger partial charge in [-0.2, -0.15) is 10.1 Å². The van der Waals surface area contributed by atoms with Crippen LogP contribution >= 0.6 is 0 Å². The Hall–Kier alpha value is -2.71. The lowest BCUT2D eigenvalue weighted by molar-refractivity contribution is -0.134. The average Bonchev–Trinajstić information content (AvgIpc) is 3.42. The van der Waals surface area contributed by atoms with E-state index in [2.05, 4.69) is 20.6 Å². The van der Waals surface area contributed by atoms with E-state index < -0.39 is 0 Å². The highest BCUT2D eigenvalue weighted by atomic mass is 16.5. The molecule has 2 aromatic heterocycles. The standard InChI is InChI=1S/C22H32N6O3/c1-13(2)20(30)27-11-17-9-18(10-22(17,12-27)21-23-16(5)26-31-21)24-19(29)6-7-28-15(4)8-14(3)25-28/h8,13,17-18H,6-7,9-12H2,1-5H3,(H,24,29)/t17-,18+,22-/m0/s1. The number of amides is 2. The van der Waals surface area contributed by atoms with Gasteiger partial charge in [0.1, 0.15) is 0 Å². The van der Waals surface area contributed by atoms with Gasteiger partial charge in [-0.05, 0) is 45.6 Å². The Bertz CT molecular complexity index is 980.